The zero-order valence-electron chi connectivity index (χ0n) is 20.1. The third-order valence-electron chi connectivity index (χ3n) is 7.36. The first-order valence-electron chi connectivity index (χ1n) is 11.9. The molecule has 4 nitrogen and oxygen atoms in total. The van der Waals surface area contributed by atoms with Gasteiger partial charge in [-0.15, -0.1) is 0 Å². The average molecular weight is 533 g/mol. The van der Waals surface area contributed by atoms with Crippen molar-refractivity contribution in [2.24, 2.45) is 11.7 Å². The van der Waals surface area contributed by atoms with Crippen molar-refractivity contribution in [3.63, 3.8) is 0 Å². The fourth-order valence-corrected chi connectivity index (χ4v) is 5.49. The smallest absolute Gasteiger partial charge is 0.370 e. The Morgan fingerprint density at radius 1 is 1.00 bits per heavy atom. The lowest BCUT2D eigenvalue weighted by molar-refractivity contribution is -0.143. The summed E-state index contributed by atoms with van der Waals surface area (Å²) in [4.78, 5) is 12.3. The number of ether oxygens (including phenoxy) is 1. The van der Waals surface area contributed by atoms with E-state index in [0.29, 0.717) is 37.0 Å². The lowest BCUT2D eigenvalue weighted by atomic mass is 9.81. The van der Waals surface area contributed by atoms with E-state index in [-0.39, 0.29) is 29.5 Å². The molecule has 1 saturated carbocycles. The van der Waals surface area contributed by atoms with Crippen LogP contribution in [0.15, 0.2) is 42.5 Å². The highest BCUT2D eigenvalue weighted by molar-refractivity contribution is 5.88. The number of carbonyl (C=O) groups is 1. The molecule has 11 heteroatoms. The Kier molecular flexibility index (Phi) is 7.09. The molecule has 0 radical (unpaired) electrons. The molecule has 3 N–H and O–H groups in total. The SMILES string of the molecule is C[C@@H](O[C@H]1CC[C@@H]([C@H]2CC(C)(N)C(=O)N2)[C@@H]1c1ccc(F)cc1)c1cc(C(F)(F)F)cc(C(F)(F)F)c1. The molecule has 37 heavy (non-hydrogen) atoms. The maximum Gasteiger partial charge on any atom is 0.416 e. The highest BCUT2D eigenvalue weighted by atomic mass is 19.4. The predicted molar refractivity (Wildman–Crippen MR) is 121 cm³/mol. The van der Waals surface area contributed by atoms with Crippen LogP contribution in [0.1, 0.15) is 67.4 Å². The van der Waals surface area contributed by atoms with Crippen molar-refractivity contribution < 1.29 is 40.3 Å². The molecular weight excluding hydrogens is 505 g/mol. The van der Waals surface area contributed by atoms with E-state index in [9.17, 15) is 35.5 Å². The Morgan fingerprint density at radius 3 is 2.05 bits per heavy atom. The Bertz CT molecular complexity index is 1110. The van der Waals surface area contributed by atoms with Crippen molar-refractivity contribution in [2.75, 3.05) is 0 Å². The highest BCUT2D eigenvalue weighted by Gasteiger charge is 2.49. The molecule has 1 amide bonds. The first-order valence-corrected chi connectivity index (χ1v) is 11.9. The van der Waals surface area contributed by atoms with E-state index >= 15 is 0 Å². The van der Waals surface area contributed by atoms with Gasteiger partial charge in [0, 0.05) is 12.0 Å². The Morgan fingerprint density at radius 2 is 1.57 bits per heavy atom. The fourth-order valence-electron chi connectivity index (χ4n) is 5.49. The third-order valence-corrected chi connectivity index (χ3v) is 7.36. The molecule has 2 aromatic rings. The largest absolute Gasteiger partial charge is 0.416 e. The second kappa shape index (κ2) is 9.58. The molecular formula is C26H27F7N2O2. The minimum absolute atomic E-state index is 0.0791. The zero-order valence-corrected chi connectivity index (χ0v) is 20.1. The van der Waals surface area contributed by atoms with Crippen LogP contribution in [0.2, 0.25) is 0 Å². The molecule has 2 aromatic carbocycles. The van der Waals surface area contributed by atoms with Gasteiger partial charge in [-0.3, -0.25) is 4.79 Å². The van der Waals surface area contributed by atoms with Crippen molar-refractivity contribution in [2.45, 2.75) is 75.2 Å². The summed E-state index contributed by atoms with van der Waals surface area (Å²) in [7, 11) is 0. The molecule has 202 valence electrons. The Labute approximate surface area is 209 Å². The summed E-state index contributed by atoms with van der Waals surface area (Å²) >= 11 is 0. The Hall–Kier alpha value is -2.66. The van der Waals surface area contributed by atoms with Gasteiger partial charge in [-0.25, -0.2) is 4.39 Å². The molecule has 6 atom stereocenters. The minimum Gasteiger partial charge on any atom is -0.370 e. The molecule has 1 unspecified atom stereocenters. The highest BCUT2D eigenvalue weighted by Crippen LogP contribution is 2.47. The van der Waals surface area contributed by atoms with Crippen molar-refractivity contribution in [1.82, 2.24) is 5.32 Å². The molecule has 0 spiro atoms. The molecule has 0 aromatic heterocycles. The van der Waals surface area contributed by atoms with Gasteiger partial charge in [0.15, 0.2) is 0 Å². The summed E-state index contributed by atoms with van der Waals surface area (Å²) in [6.07, 6.45) is -10.3. The number of alkyl halides is 6. The number of hydrogen-bond acceptors (Lipinski definition) is 3. The second-order valence-electron chi connectivity index (χ2n) is 10.2. The topological polar surface area (TPSA) is 64.3 Å². The second-order valence-corrected chi connectivity index (χ2v) is 10.2. The predicted octanol–water partition coefficient (Wildman–Crippen LogP) is 6.11. The number of rotatable bonds is 5. The molecule has 2 fully saturated rings. The fraction of sp³-hybridized carbons (Fsp3) is 0.500. The van der Waals surface area contributed by atoms with E-state index in [2.05, 4.69) is 5.32 Å². The molecule has 2 aliphatic rings. The van der Waals surface area contributed by atoms with Crippen molar-refractivity contribution in [1.29, 1.82) is 0 Å². The molecule has 1 heterocycles. The first kappa shape index (κ1) is 27.4. The van der Waals surface area contributed by atoms with Crippen LogP contribution in [0.4, 0.5) is 30.7 Å². The summed E-state index contributed by atoms with van der Waals surface area (Å²) in [6, 6.07) is 6.78. The normalized spacial score (nSPS) is 29.4. The van der Waals surface area contributed by atoms with Crippen LogP contribution in [0, 0.1) is 11.7 Å². The van der Waals surface area contributed by atoms with Gasteiger partial charge in [0.25, 0.3) is 0 Å². The van der Waals surface area contributed by atoms with Crippen LogP contribution < -0.4 is 11.1 Å². The van der Waals surface area contributed by atoms with Crippen LogP contribution in [-0.4, -0.2) is 23.6 Å². The molecule has 1 saturated heterocycles. The zero-order chi connectivity index (χ0) is 27.3. The van der Waals surface area contributed by atoms with Gasteiger partial charge in [0.1, 0.15) is 5.82 Å². The van der Waals surface area contributed by atoms with Gasteiger partial charge in [0.05, 0.1) is 28.9 Å². The van der Waals surface area contributed by atoms with E-state index in [1.54, 1.807) is 19.1 Å². The van der Waals surface area contributed by atoms with Gasteiger partial charge >= 0.3 is 12.4 Å². The van der Waals surface area contributed by atoms with Gasteiger partial charge in [0.2, 0.25) is 5.91 Å². The molecule has 1 aliphatic heterocycles. The lowest BCUT2D eigenvalue weighted by Crippen LogP contribution is -2.43. The third kappa shape index (κ3) is 5.77. The number of nitrogens with two attached hydrogens (primary N) is 1. The number of nitrogens with one attached hydrogen (secondary N) is 1. The standard InChI is InChI=1S/C26H27F7N2O2/c1-13(15-9-16(25(28,29)30)11-17(10-15)26(31,32)33)37-21-8-7-19(20-12-24(2,34)23(36)35-20)22(21)14-3-5-18(27)6-4-14/h3-6,9-11,13,19-22H,7-8,12,34H2,1-2H3,(H,35,36)/t13-,19+,20-,21+,22+,24?/m1/s1. The summed E-state index contributed by atoms with van der Waals surface area (Å²) in [5.74, 6) is -1.34. The Balaban J connectivity index is 1.65. The number of carbonyl (C=O) groups excluding carboxylic acids is 1. The molecule has 4 rings (SSSR count). The summed E-state index contributed by atoms with van der Waals surface area (Å²) in [6.45, 7) is 3.02. The van der Waals surface area contributed by atoms with Crippen LogP contribution in [0.25, 0.3) is 0 Å². The molecule has 1 aliphatic carbocycles. The van der Waals surface area contributed by atoms with Crippen molar-refractivity contribution >= 4 is 5.91 Å². The van der Waals surface area contributed by atoms with E-state index in [0.717, 1.165) is 0 Å². The maximum atomic E-state index is 13.6. The van der Waals surface area contributed by atoms with Gasteiger partial charge < -0.3 is 15.8 Å². The maximum absolute atomic E-state index is 13.6. The first-order chi connectivity index (χ1) is 17.1. The van der Waals surface area contributed by atoms with Crippen molar-refractivity contribution in [3.05, 3.63) is 70.5 Å². The average Bonchev–Trinajstić information content (AvgIpc) is 3.32. The van der Waals surface area contributed by atoms with Crippen LogP contribution in [-0.2, 0) is 21.9 Å². The van der Waals surface area contributed by atoms with E-state index < -0.39 is 53.0 Å². The van der Waals surface area contributed by atoms with Gasteiger partial charge in [-0.1, -0.05) is 12.1 Å². The van der Waals surface area contributed by atoms with Crippen molar-refractivity contribution in [3.8, 4) is 0 Å². The lowest BCUT2D eigenvalue weighted by Gasteiger charge is -2.31. The summed E-state index contributed by atoms with van der Waals surface area (Å²) < 4.78 is 99.9. The van der Waals surface area contributed by atoms with Crippen LogP contribution in [0.5, 0.6) is 0 Å². The number of amides is 1. The van der Waals surface area contributed by atoms with Gasteiger partial charge in [-0.05, 0) is 80.5 Å². The van der Waals surface area contributed by atoms with E-state index in [4.69, 9.17) is 10.5 Å². The van der Waals surface area contributed by atoms with E-state index in [1.807, 2.05) is 0 Å². The van der Waals surface area contributed by atoms with E-state index in [1.165, 1.54) is 19.1 Å². The minimum atomic E-state index is -4.97. The van der Waals surface area contributed by atoms with Crippen LogP contribution in [0.3, 0.4) is 0 Å². The number of benzene rings is 2. The van der Waals surface area contributed by atoms with Crippen LogP contribution >= 0.6 is 0 Å². The quantitative estimate of drug-likeness (QED) is 0.457. The summed E-state index contributed by atoms with van der Waals surface area (Å²) in [5, 5.41) is 2.91. The number of hydrogen-bond donors (Lipinski definition) is 2. The number of halogens is 7. The molecule has 0 bridgehead atoms. The van der Waals surface area contributed by atoms with Gasteiger partial charge in [-0.2, -0.15) is 26.3 Å². The monoisotopic (exact) mass is 532 g/mol. The summed E-state index contributed by atoms with van der Waals surface area (Å²) in [5.41, 5.74) is 2.63.